The highest BCUT2D eigenvalue weighted by Gasteiger charge is 2.36. The second-order valence-corrected chi connectivity index (χ2v) is 7.00. The van der Waals surface area contributed by atoms with E-state index in [1.807, 2.05) is 55.6 Å². The average Bonchev–Trinajstić information content (AvgIpc) is 2.76. The van der Waals surface area contributed by atoms with Crippen LogP contribution < -0.4 is 15.0 Å². The molecule has 0 aromatic heterocycles. The van der Waals surface area contributed by atoms with Crippen molar-refractivity contribution in [3.63, 3.8) is 0 Å². The lowest BCUT2D eigenvalue weighted by molar-refractivity contribution is -0.126. The van der Waals surface area contributed by atoms with E-state index in [-0.39, 0.29) is 11.2 Å². The zero-order valence-corrected chi connectivity index (χ0v) is 15.1. The van der Waals surface area contributed by atoms with E-state index in [1.165, 1.54) is 11.8 Å². The number of nitrogens with zero attached hydrogens (tertiary/aromatic N) is 1. The third-order valence-electron chi connectivity index (χ3n) is 4.25. The van der Waals surface area contributed by atoms with Crippen molar-refractivity contribution in [2.45, 2.75) is 16.2 Å². The van der Waals surface area contributed by atoms with Gasteiger partial charge in [0.15, 0.2) is 0 Å². The molecule has 1 aliphatic rings. The number of thioether (sulfide) groups is 1. The summed E-state index contributed by atoms with van der Waals surface area (Å²) in [4.78, 5) is 15.6. The third kappa shape index (κ3) is 3.66. The Morgan fingerprint density at radius 2 is 1.92 bits per heavy atom. The van der Waals surface area contributed by atoms with Crippen molar-refractivity contribution in [3.05, 3.63) is 54.1 Å². The van der Waals surface area contributed by atoms with E-state index in [2.05, 4.69) is 5.32 Å². The van der Waals surface area contributed by atoms with Gasteiger partial charge in [0.2, 0.25) is 0 Å². The number of rotatable bonds is 5. The van der Waals surface area contributed by atoms with Gasteiger partial charge >= 0.3 is 0 Å². The zero-order chi connectivity index (χ0) is 17.8. The van der Waals surface area contributed by atoms with Gasteiger partial charge in [-0.15, -0.1) is 11.8 Å². The minimum atomic E-state index is -1.11. The quantitative estimate of drug-likeness (QED) is 0.860. The maximum atomic E-state index is 12.9. The minimum Gasteiger partial charge on any atom is -0.497 e. The van der Waals surface area contributed by atoms with Crippen LogP contribution in [0, 0.1) is 0 Å². The molecule has 2 aromatic carbocycles. The van der Waals surface area contributed by atoms with Crippen LogP contribution in [-0.2, 0) is 4.79 Å². The Morgan fingerprint density at radius 1 is 1.20 bits per heavy atom. The van der Waals surface area contributed by atoms with Crippen LogP contribution in [0.25, 0.3) is 0 Å². The number of carbonyl (C=O) groups excluding carboxylic acids is 1. The fraction of sp³-hybridized carbons (Fsp3) is 0.316. The van der Waals surface area contributed by atoms with Gasteiger partial charge in [0, 0.05) is 18.0 Å². The first-order chi connectivity index (χ1) is 12.2. The van der Waals surface area contributed by atoms with Crippen LogP contribution in [0.1, 0.15) is 10.8 Å². The Bertz CT molecular complexity index is 736. The average molecular weight is 358 g/mol. The number of carbonyl (C=O) groups is 1. The van der Waals surface area contributed by atoms with E-state index < -0.39 is 6.10 Å². The fourth-order valence-corrected chi connectivity index (χ4v) is 4.16. The number of aliphatic hydroxyl groups excluding tert-OH is 1. The van der Waals surface area contributed by atoms with E-state index in [0.29, 0.717) is 13.1 Å². The highest BCUT2D eigenvalue weighted by atomic mass is 32.2. The smallest absolute Gasteiger partial charge is 0.257 e. The van der Waals surface area contributed by atoms with Gasteiger partial charge in [0.25, 0.3) is 5.91 Å². The summed E-state index contributed by atoms with van der Waals surface area (Å²) in [6.07, 6.45) is -1.11. The molecule has 2 N–H and O–H groups in total. The van der Waals surface area contributed by atoms with Crippen LogP contribution in [0.2, 0.25) is 0 Å². The van der Waals surface area contributed by atoms with Crippen molar-refractivity contribution in [2.75, 3.05) is 32.1 Å². The topological polar surface area (TPSA) is 61.8 Å². The number of benzene rings is 2. The Morgan fingerprint density at radius 3 is 2.60 bits per heavy atom. The van der Waals surface area contributed by atoms with Crippen LogP contribution in [-0.4, -0.2) is 44.4 Å². The van der Waals surface area contributed by atoms with Gasteiger partial charge in [-0.3, -0.25) is 4.79 Å². The monoisotopic (exact) mass is 358 g/mol. The van der Waals surface area contributed by atoms with E-state index in [4.69, 9.17) is 4.74 Å². The molecule has 2 aromatic rings. The lowest BCUT2D eigenvalue weighted by Gasteiger charge is -2.25. The summed E-state index contributed by atoms with van der Waals surface area (Å²) in [7, 11) is 3.46. The normalized spacial score (nSPS) is 20.1. The first-order valence-corrected chi connectivity index (χ1v) is 9.07. The minimum absolute atomic E-state index is 0.270. The van der Waals surface area contributed by atoms with Crippen LogP contribution in [0.5, 0.6) is 5.75 Å². The van der Waals surface area contributed by atoms with E-state index in [1.54, 1.807) is 12.0 Å². The van der Waals surface area contributed by atoms with Crippen molar-refractivity contribution in [1.82, 2.24) is 5.32 Å². The summed E-state index contributed by atoms with van der Waals surface area (Å²) in [6, 6.07) is 15.3. The second-order valence-electron chi connectivity index (χ2n) is 5.82. The van der Waals surface area contributed by atoms with Gasteiger partial charge in [-0.05, 0) is 36.9 Å². The first-order valence-electron chi connectivity index (χ1n) is 8.19. The molecule has 0 unspecified atom stereocenters. The highest BCUT2D eigenvalue weighted by molar-refractivity contribution is 7.99. The number of aliphatic hydroxyl groups is 1. The number of anilines is 1. The molecule has 25 heavy (non-hydrogen) atoms. The fourth-order valence-electron chi connectivity index (χ4n) is 2.89. The predicted octanol–water partition coefficient (Wildman–Crippen LogP) is 2.46. The highest BCUT2D eigenvalue weighted by Crippen LogP contribution is 2.45. The Labute approximate surface area is 152 Å². The number of fused-ring (bicyclic) bond motifs is 1. The van der Waals surface area contributed by atoms with Gasteiger partial charge in [0.05, 0.1) is 18.0 Å². The molecule has 0 spiro atoms. The summed E-state index contributed by atoms with van der Waals surface area (Å²) in [5.41, 5.74) is 1.75. The van der Waals surface area contributed by atoms with E-state index in [9.17, 15) is 9.90 Å². The number of hydrogen-bond acceptors (Lipinski definition) is 5. The van der Waals surface area contributed by atoms with Crippen LogP contribution in [0.15, 0.2) is 53.4 Å². The third-order valence-corrected chi connectivity index (χ3v) is 5.63. The zero-order valence-electron chi connectivity index (χ0n) is 14.3. The van der Waals surface area contributed by atoms with Crippen molar-refractivity contribution in [3.8, 4) is 5.75 Å². The van der Waals surface area contributed by atoms with E-state index in [0.717, 1.165) is 21.9 Å². The molecule has 132 valence electrons. The van der Waals surface area contributed by atoms with Gasteiger partial charge < -0.3 is 20.1 Å². The molecule has 0 aliphatic carbocycles. The maximum Gasteiger partial charge on any atom is 0.257 e. The molecular weight excluding hydrogens is 336 g/mol. The molecule has 5 nitrogen and oxygen atoms in total. The van der Waals surface area contributed by atoms with Crippen LogP contribution in [0.3, 0.4) is 0 Å². The van der Waals surface area contributed by atoms with Gasteiger partial charge in [-0.1, -0.05) is 24.3 Å². The number of methoxy groups -OCH3 is 1. The number of amides is 1. The lowest BCUT2D eigenvalue weighted by atomic mass is 10.1. The Hall–Kier alpha value is -2.02. The van der Waals surface area contributed by atoms with Crippen molar-refractivity contribution >= 4 is 23.4 Å². The summed E-state index contributed by atoms with van der Waals surface area (Å²) in [6.45, 7) is 1.17. The number of likely N-dealkylation sites (N-methyl/N-ethyl adjacent to an activating group) is 1. The summed E-state index contributed by atoms with van der Waals surface area (Å²) in [5, 5.41) is 13.5. The molecule has 0 radical (unpaired) electrons. The molecular formula is C19H22N2O3S. The summed E-state index contributed by atoms with van der Waals surface area (Å²) in [5.74, 6) is 0.479. The SMILES string of the molecule is CNCCN1C(=O)[C@@H](O)[C@@H](c2ccc(OC)cc2)Sc2ccccc21. The molecule has 6 heteroatoms. The molecule has 0 bridgehead atoms. The van der Waals surface area contributed by atoms with Gasteiger partial charge in [-0.25, -0.2) is 0 Å². The first kappa shape index (κ1) is 17.8. The summed E-state index contributed by atoms with van der Waals surface area (Å²) >= 11 is 1.52. The second kappa shape index (κ2) is 7.91. The number of hydrogen-bond donors (Lipinski definition) is 2. The van der Waals surface area contributed by atoms with Crippen molar-refractivity contribution < 1.29 is 14.6 Å². The van der Waals surface area contributed by atoms with Gasteiger partial charge in [0.1, 0.15) is 11.9 Å². The molecule has 2 atom stereocenters. The lowest BCUT2D eigenvalue weighted by Crippen LogP contribution is -2.43. The maximum absolute atomic E-state index is 12.9. The molecule has 3 rings (SSSR count). The van der Waals surface area contributed by atoms with Crippen LogP contribution >= 0.6 is 11.8 Å². The van der Waals surface area contributed by atoms with Crippen molar-refractivity contribution in [1.29, 1.82) is 0 Å². The Balaban J connectivity index is 1.99. The largest absolute Gasteiger partial charge is 0.497 e. The number of ether oxygens (including phenoxy) is 1. The number of para-hydroxylation sites is 1. The van der Waals surface area contributed by atoms with Crippen LogP contribution in [0.4, 0.5) is 5.69 Å². The van der Waals surface area contributed by atoms with Gasteiger partial charge in [-0.2, -0.15) is 0 Å². The molecule has 1 aliphatic heterocycles. The molecule has 1 amide bonds. The molecule has 0 saturated heterocycles. The number of nitrogens with one attached hydrogen (secondary N) is 1. The molecule has 1 heterocycles. The Kier molecular flexibility index (Phi) is 5.63. The molecule has 0 fully saturated rings. The predicted molar refractivity (Wildman–Crippen MR) is 100 cm³/mol. The molecule has 0 saturated carbocycles. The summed E-state index contributed by atoms with van der Waals surface area (Å²) < 4.78 is 5.20. The standard InChI is InChI=1S/C19H22N2O3S/c1-20-11-12-21-15-5-3-4-6-16(15)25-18(17(22)19(21)23)13-7-9-14(24-2)10-8-13/h3-10,17-18,20,22H,11-12H2,1-2H3/t17-,18+/m0/s1. The van der Waals surface area contributed by atoms with E-state index >= 15 is 0 Å². The van der Waals surface area contributed by atoms with Crippen molar-refractivity contribution in [2.24, 2.45) is 0 Å².